The van der Waals surface area contributed by atoms with E-state index < -0.39 is 29.4 Å². The Morgan fingerprint density at radius 2 is 1.61 bits per heavy atom. The molecular weight excluding hydrogens is 268 g/mol. The smallest absolute Gasteiger partial charge is 0.430 e. The van der Waals surface area contributed by atoms with Crippen LogP contribution in [0.25, 0.3) is 0 Å². The molecule has 0 aromatic carbocycles. The van der Waals surface area contributed by atoms with Crippen LogP contribution in [0.5, 0.6) is 5.88 Å². The number of methoxy groups -OCH3 is 1. The standard InChI is InChI=1S/C9H7F6NO2/c1-18-6-5(3-2-4-16-6)7(17,8(10,11)12)9(13,14)15/h2-4,17H,1H3. The number of halogens is 6. The van der Waals surface area contributed by atoms with E-state index in [1.165, 1.54) is 0 Å². The van der Waals surface area contributed by atoms with Crippen LogP contribution in [0.15, 0.2) is 18.3 Å². The summed E-state index contributed by atoms with van der Waals surface area (Å²) in [4.78, 5) is 3.21. The van der Waals surface area contributed by atoms with Crippen molar-refractivity contribution in [2.75, 3.05) is 7.11 Å². The Kier molecular flexibility index (Phi) is 3.48. The monoisotopic (exact) mass is 275 g/mol. The van der Waals surface area contributed by atoms with Crippen LogP contribution in [0.2, 0.25) is 0 Å². The normalized spacial score (nSPS) is 13.6. The Bertz CT molecular complexity index is 414. The van der Waals surface area contributed by atoms with Crippen molar-refractivity contribution in [3.63, 3.8) is 0 Å². The highest BCUT2D eigenvalue weighted by Crippen LogP contribution is 2.51. The molecular formula is C9H7F6NO2. The molecule has 1 rings (SSSR count). The van der Waals surface area contributed by atoms with Gasteiger partial charge in [-0.2, -0.15) is 26.3 Å². The van der Waals surface area contributed by atoms with E-state index >= 15 is 0 Å². The molecule has 0 saturated carbocycles. The Balaban J connectivity index is 3.56. The molecule has 0 radical (unpaired) electrons. The zero-order valence-electron chi connectivity index (χ0n) is 8.80. The van der Waals surface area contributed by atoms with Crippen LogP contribution in [-0.2, 0) is 5.60 Å². The summed E-state index contributed by atoms with van der Waals surface area (Å²) in [5, 5.41) is 9.10. The van der Waals surface area contributed by atoms with Gasteiger partial charge in [0.05, 0.1) is 12.7 Å². The molecule has 0 fully saturated rings. The molecule has 1 aromatic heterocycles. The predicted molar refractivity (Wildman–Crippen MR) is 46.8 cm³/mol. The summed E-state index contributed by atoms with van der Waals surface area (Å²) in [6, 6.07) is 1.28. The van der Waals surface area contributed by atoms with E-state index in [1.54, 1.807) is 0 Å². The molecule has 0 saturated heterocycles. The van der Waals surface area contributed by atoms with Crippen LogP contribution < -0.4 is 4.74 Å². The van der Waals surface area contributed by atoms with Crippen molar-refractivity contribution in [2.24, 2.45) is 0 Å². The minimum Gasteiger partial charge on any atom is -0.481 e. The van der Waals surface area contributed by atoms with E-state index in [4.69, 9.17) is 5.11 Å². The number of aromatic nitrogens is 1. The average Bonchev–Trinajstić information content (AvgIpc) is 2.24. The van der Waals surface area contributed by atoms with E-state index in [0.717, 1.165) is 19.4 Å². The van der Waals surface area contributed by atoms with Crippen molar-refractivity contribution < 1.29 is 36.2 Å². The van der Waals surface area contributed by atoms with Gasteiger partial charge in [0, 0.05) is 6.20 Å². The van der Waals surface area contributed by atoms with Crippen molar-refractivity contribution in [3.05, 3.63) is 23.9 Å². The van der Waals surface area contributed by atoms with Gasteiger partial charge in [-0.3, -0.25) is 0 Å². The highest BCUT2D eigenvalue weighted by Gasteiger charge is 2.72. The van der Waals surface area contributed by atoms with Gasteiger partial charge in [-0.1, -0.05) is 0 Å². The summed E-state index contributed by atoms with van der Waals surface area (Å²) < 4.78 is 79.6. The Hall–Kier alpha value is -1.51. The van der Waals surface area contributed by atoms with E-state index in [-0.39, 0.29) is 0 Å². The molecule has 0 amide bonds. The molecule has 102 valence electrons. The van der Waals surface area contributed by atoms with Gasteiger partial charge in [-0.25, -0.2) is 4.98 Å². The van der Waals surface area contributed by atoms with Crippen LogP contribution in [0.4, 0.5) is 26.3 Å². The highest BCUT2D eigenvalue weighted by molar-refractivity contribution is 5.34. The Morgan fingerprint density at radius 1 is 1.11 bits per heavy atom. The van der Waals surface area contributed by atoms with Gasteiger partial charge in [0.2, 0.25) is 5.88 Å². The average molecular weight is 275 g/mol. The van der Waals surface area contributed by atoms with Gasteiger partial charge in [0.25, 0.3) is 5.60 Å². The number of ether oxygens (including phenoxy) is 1. The molecule has 0 aliphatic carbocycles. The lowest BCUT2D eigenvalue weighted by atomic mass is 9.93. The summed E-state index contributed by atoms with van der Waals surface area (Å²) in [7, 11) is 0.846. The van der Waals surface area contributed by atoms with Crippen molar-refractivity contribution >= 4 is 0 Å². The van der Waals surface area contributed by atoms with Crippen LogP contribution in [0.3, 0.4) is 0 Å². The summed E-state index contributed by atoms with van der Waals surface area (Å²) in [6.07, 6.45) is -11.0. The van der Waals surface area contributed by atoms with Crippen molar-refractivity contribution in [2.45, 2.75) is 18.0 Å². The van der Waals surface area contributed by atoms with Crippen LogP contribution >= 0.6 is 0 Å². The minimum absolute atomic E-state index is 0.451. The second kappa shape index (κ2) is 4.30. The fourth-order valence-electron chi connectivity index (χ4n) is 1.29. The molecule has 0 atom stereocenters. The minimum atomic E-state index is -5.96. The SMILES string of the molecule is COc1ncccc1C(O)(C(F)(F)F)C(F)(F)F. The van der Waals surface area contributed by atoms with Gasteiger partial charge in [0.1, 0.15) is 0 Å². The first-order valence-corrected chi connectivity index (χ1v) is 4.41. The number of nitrogens with zero attached hydrogens (tertiary/aromatic N) is 1. The molecule has 1 aromatic rings. The molecule has 0 bridgehead atoms. The van der Waals surface area contributed by atoms with Crippen LogP contribution in [0.1, 0.15) is 5.56 Å². The number of aliphatic hydroxyl groups is 1. The number of hydrogen-bond donors (Lipinski definition) is 1. The van der Waals surface area contributed by atoms with Gasteiger partial charge in [-0.15, -0.1) is 0 Å². The van der Waals surface area contributed by atoms with E-state index in [0.29, 0.717) is 6.07 Å². The predicted octanol–water partition coefficient (Wildman–Crippen LogP) is 2.40. The topological polar surface area (TPSA) is 42.4 Å². The molecule has 0 spiro atoms. The molecule has 1 N–H and O–H groups in total. The van der Waals surface area contributed by atoms with Gasteiger partial charge in [-0.05, 0) is 12.1 Å². The van der Waals surface area contributed by atoms with Gasteiger partial charge in [0.15, 0.2) is 0 Å². The molecule has 3 nitrogen and oxygen atoms in total. The number of pyridine rings is 1. The second-order valence-electron chi connectivity index (χ2n) is 3.27. The lowest BCUT2D eigenvalue weighted by molar-refractivity contribution is -0.376. The molecule has 0 unspecified atom stereocenters. The van der Waals surface area contributed by atoms with Gasteiger partial charge < -0.3 is 9.84 Å². The highest BCUT2D eigenvalue weighted by atomic mass is 19.4. The third-order valence-electron chi connectivity index (χ3n) is 2.17. The number of alkyl halides is 6. The molecule has 0 aliphatic heterocycles. The largest absolute Gasteiger partial charge is 0.481 e. The number of rotatable bonds is 2. The first-order chi connectivity index (χ1) is 8.05. The molecule has 18 heavy (non-hydrogen) atoms. The first-order valence-electron chi connectivity index (χ1n) is 4.41. The second-order valence-corrected chi connectivity index (χ2v) is 3.27. The zero-order chi connectivity index (χ0) is 14.2. The number of hydrogen-bond acceptors (Lipinski definition) is 3. The van der Waals surface area contributed by atoms with Crippen molar-refractivity contribution in [3.8, 4) is 5.88 Å². The van der Waals surface area contributed by atoms with Gasteiger partial charge >= 0.3 is 12.4 Å². The fraction of sp³-hybridized carbons (Fsp3) is 0.444. The fourth-order valence-corrected chi connectivity index (χ4v) is 1.29. The lowest BCUT2D eigenvalue weighted by Crippen LogP contribution is -2.54. The van der Waals surface area contributed by atoms with E-state index in [9.17, 15) is 26.3 Å². The lowest BCUT2D eigenvalue weighted by Gasteiger charge is -2.32. The zero-order valence-corrected chi connectivity index (χ0v) is 8.80. The first kappa shape index (κ1) is 14.6. The maximum Gasteiger partial charge on any atom is 0.430 e. The van der Waals surface area contributed by atoms with Crippen molar-refractivity contribution in [1.82, 2.24) is 4.98 Å². The Labute approximate surface area is 97.0 Å². The summed E-state index contributed by atoms with van der Waals surface area (Å²) in [5.41, 5.74) is -6.54. The maximum atomic E-state index is 12.5. The molecule has 9 heteroatoms. The van der Waals surface area contributed by atoms with Crippen LogP contribution in [0, 0.1) is 0 Å². The molecule has 0 aliphatic rings. The summed E-state index contributed by atoms with van der Waals surface area (Å²) in [5.74, 6) is -0.949. The molecule has 1 heterocycles. The van der Waals surface area contributed by atoms with Crippen molar-refractivity contribution in [1.29, 1.82) is 0 Å². The quantitative estimate of drug-likeness (QED) is 0.843. The van der Waals surface area contributed by atoms with E-state index in [2.05, 4.69) is 9.72 Å². The van der Waals surface area contributed by atoms with E-state index in [1.807, 2.05) is 0 Å². The van der Waals surface area contributed by atoms with Crippen LogP contribution in [-0.4, -0.2) is 29.6 Å². The Morgan fingerprint density at radius 3 is 2.00 bits per heavy atom. The third kappa shape index (κ3) is 2.09. The third-order valence-corrected chi connectivity index (χ3v) is 2.17. The summed E-state index contributed by atoms with van der Waals surface area (Å²) >= 11 is 0. The maximum absolute atomic E-state index is 12.5. The summed E-state index contributed by atoms with van der Waals surface area (Å²) in [6.45, 7) is 0.